The molecule has 3 aromatic carbocycles. The second-order valence-electron chi connectivity index (χ2n) is 11.3. The molecule has 242 valence electrons. The summed E-state index contributed by atoms with van der Waals surface area (Å²) in [4.78, 5) is 31.6. The predicted molar refractivity (Wildman–Crippen MR) is 181 cm³/mol. The van der Waals surface area contributed by atoms with Crippen molar-refractivity contribution >= 4 is 17.4 Å². The van der Waals surface area contributed by atoms with Gasteiger partial charge in [0, 0.05) is 54.3 Å². The van der Waals surface area contributed by atoms with E-state index in [0.29, 0.717) is 29.2 Å². The van der Waals surface area contributed by atoms with Crippen molar-refractivity contribution in [2.24, 2.45) is 0 Å². The van der Waals surface area contributed by atoms with Crippen LogP contribution in [-0.2, 0) is 16.0 Å². The van der Waals surface area contributed by atoms with E-state index in [4.69, 9.17) is 15.2 Å². The molecule has 0 fully saturated rings. The Morgan fingerprint density at radius 1 is 0.917 bits per heavy atom. The fourth-order valence-electron chi connectivity index (χ4n) is 5.64. The number of aromatic nitrogens is 2. The van der Waals surface area contributed by atoms with Gasteiger partial charge in [-0.3, -0.25) is 9.59 Å². The largest absolute Gasteiger partial charge is 0.497 e. The zero-order chi connectivity index (χ0) is 33.8. The number of carbonyl (C=O) groups is 1. The highest BCUT2D eigenvalue weighted by atomic mass is 19.1. The van der Waals surface area contributed by atoms with Gasteiger partial charge in [-0.1, -0.05) is 42.5 Å². The van der Waals surface area contributed by atoms with Crippen molar-refractivity contribution in [3.05, 3.63) is 160 Å². The van der Waals surface area contributed by atoms with Gasteiger partial charge in [0.15, 0.2) is 5.76 Å². The summed E-state index contributed by atoms with van der Waals surface area (Å²) in [6.07, 6.45) is 9.34. The van der Waals surface area contributed by atoms with Gasteiger partial charge in [-0.2, -0.15) is 0 Å². The molecule has 0 saturated heterocycles. The molecule has 1 aliphatic rings. The number of pyridine rings is 2. The summed E-state index contributed by atoms with van der Waals surface area (Å²) in [5, 5.41) is 2.81. The fraction of sp³-hybridized carbons (Fsp3) is 0.132. The van der Waals surface area contributed by atoms with E-state index in [2.05, 4.69) is 10.3 Å². The number of rotatable bonds is 9. The number of allylic oxidation sites excluding steroid dienone is 3. The molecule has 0 spiro atoms. The zero-order valence-corrected chi connectivity index (χ0v) is 26.2. The van der Waals surface area contributed by atoms with Crippen LogP contribution in [0, 0.1) is 11.6 Å². The number of ether oxygens (including phenoxy) is 2. The SMILES string of the molecule is COC1=C(OC)CC(c2cnc(N)c(-c3ccc(NC(=O)c4cn(Cc5ccc(F)cc5)cc(-c5ccc(F)cc5)c4=O)cc3)c2)C=C1. The molecule has 48 heavy (non-hydrogen) atoms. The minimum Gasteiger partial charge on any atom is -0.497 e. The first-order chi connectivity index (χ1) is 23.2. The fourth-order valence-corrected chi connectivity index (χ4v) is 5.64. The third-order valence-corrected chi connectivity index (χ3v) is 8.21. The number of benzene rings is 3. The smallest absolute Gasteiger partial charge is 0.261 e. The van der Waals surface area contributed by atoms with Gasteiger partial charge in [0.25, 0.3) is 5.91 Å². The molecule has 8 nitrogen and oxygen atoms in total. The van der Waals surface area contributed by atoms with Crippen LogP contribution in [0.5, 0.6) is 0 Å². The van der Waals surface area contributed by atoms with E-state index in [1.807, 2.05) is 30.4 Å². The molecule has 2 heterocycles. The molecule has 5 aromatic rings. The molecular formula is C38H32F2N4O4. The summed E-state index contributed by atoms with van der Waals surface area (Å²) in [5.74, 6) is 0.365. The number of hydrogen-bond acceptors (Lipinski definition) is 6. The molecule has 10 heteroatoms. The van der Waals surface area contributed by atoms with E-state index >= 15 is 0 Å². The summed E-state index contributed by atoms with van der Waals surface area (Å²) in [6, 6.07) is 20.5. The van der Waals surface area contributed by atoms with Crippen LogP contribution in [0.15, 0.2) is 126 Å². The Kier molecular flexibility index (Phi) is 9.15. The Bertz CT molecular complexity index is 2090. The van der Waals surface area contributed by atoms with E-state index < -0.39 is 17.2 Å². The van der Waals surface area contributed by atoms with E-state index in [1.54, 1.807) is 55.4 Å². The molecule has 1 aliphatic carbocycles. The first-order valence-electron chi connectivity index (χ1n) is 15.1. The second-order valence-corrected chi connectivity index (χ2v) is 11.3. The Morgan fingerprint density at radius 3 is 2.23 bits per heavy atom. The van der Waals surface area contributed by atoms with Gasteiger partial charge < -0.3 is 25.1 Å². The molecule has 0 aliphatic heterocycles. The van der Waals surface area contributed by atoms with Gasteiger partial charge >= 0.3 is 0 Å². The summed E-state index contributed by atoms with van der Waals surface area (Å²) >= 11 is 0. The van der Waals surface area contributed by atoms with Crippen LogP contribution in [0.25, 0.3) is 22.3 Å². The van der Waals surface area contributed by atoms with Gasteiger partial charge in [0.1, 0.15) is 28.8 Å². The van der Waals surface area contributed by atoms with Crippen molar-refractivity contribution in [3.8, 4) is 22.3 Å². The number of amides is 1. The minimum atomic E-state index is -0.616. The topological polar surface area (TPSA) is 108 Å². The second kappa shape index (κ2) is 13.8. The van der Waals surface area contributed by atoms with Crippen molar-refractivity contribution < 1.29 is 23.0 Å². The van der Waals surface area contributed by atoms with Gasteiger partial charge in [-0.25, -0.2) is 13.8 Å². The Labute approximate surface area is 275 Å². The molecular weight excluding hydrogens is 614 g/mol. The molecule has 1 amide bonds. The molecule has 0 saturated carbocycles. The average Bonchev–Trinajstić information content (AvgIpc) is 3.10. The predicted octanol–water partition coefficient (Wildman–Crippen LogP) is 7.29. The standard InChI is InChI=1S/C38H32F2N4O4/c1-47-34-16-9-26(18-35(34)48-2)27-17-31(37(41)42-19-27)24-7-14-30(15-8-24)43-38(46)33-22-44(20-23-3-10-28(39)11-4-23)21-32(36(33)45)25-5-12-29(40)13-6-25/h3-17,19,21-22,26H,18,20H2,1-2H3,(H2,41,42)(H,43,46). The normalized spacial score (nSPS) is 14.1. The molecule has 1 atom stereocenters. The van der Waals surface area contributed by atoms with Crippen LogP contribution < -0.4 is 16.5 Å². The van der Waals surface area contributed by atoms with Gasteiger partial charge in [0.2, 0.25) is 5.43 Å². The number of nitrogens with two attached hydrogens (primary N) is 1. The number of nitrogens with one attached hydrogen (secondary N) is 1. The maximum absolute atomic E-state index is 13.7. The Balaban J connectivity index is 1.26. The molecule has 3 N–H and O–H groups in total. The lowest BCUT2D eigenvalue weighted by molar-refractivity contribution is 0.102. The van der Waals surface area contributed by atoms with Crippen LogP contribution in [0.3, 0.4) is 0 Å². The number of anilines is 2. The maximum Gasteiger partial charge on any atom is 0.261 e. The number of carbonyl (C=O) groups excluding carboxylic acids is 1. The van der Waals surface area contributed by atoms with Crippen molar-refractivity contribution in [3.63, 3.8) is 0 Å². The summed E-state index contributed by atoms with van der Waals surface area (Å²) in [5.41, 5.74) is 10.0. The van der Waals surface area contributed by atoms with Crippen LogP contribution >= 0.6 is 0 Å². The van der Waals surface area contributed by atoms with Crippen LogP contribution in [-0.4, -0.2) is 29.7 Å². The highest BCUT2D eigenvalue weighted by Crippen LogP contribution is 2.35. The zero-order valence-electron chi connectivity index (χ0n) is 26.2. The van der Waals surface area contributed by atoms with Crippen molar-refractivity contribution in [2.75, 3.05) is 25.3 Å². The maximum atomic E-state index is 13.7. The molecule has 6 rings (SSSR count). The van der Waals surface area contributed by atoms with Crippen molar-refractivity contribution in [1.82, 2.24) is 9.55 Å². The monoisotopic (exact) mass is 646 g/mol. The number of nitrogen functional groups attached to an aromatic ring is 1. The highest BCUT2D eigenvalue weighted by Gasteiger charge is 2.21. The molecule has 0 bridgehead atoms. The van der Waals surface area contributed by atoms with E-state index in [-0.39, 0.29) is 29.4 Å². The Hall–Kier alpha value is -6.03. The lowest BCUT2D eigenvalue weighted by atomic mass is 9.90. The number of halogens is 2. The third kappa shape index (κ3) is 6.87. The third-order valence-electron chi connectivity index (χ3n) is 8.21. The van der Waals surface area contributed by atoms with Gasteiger partial charge in [-0.15, -0.1) is 0 Å². The first-order valence-corrected chi connectivity index (χ1v) is 15.1. The lowest BCUT2D eigenvalue weighted by Gasteiger charge is -2.21. The molecule has 2 aromatic heterocycles. The van der Waals surface area contributed by atoms with Crippen LogP contribution in [0.2, 0.25) is 0 Å². The molecule has 1 unspecified atom stereocenters. The number of hydrogen-bond donors (Lipinski definition) is 2. The molecule has 0 radical (unpaired) electrons. The van der Waals surface area contributed by atoms with Gasteiger partial charge in [-0.05, 0) is 70.8 Å². The van der Waals surface area contributed by atoms with Crippen molar-refractivity contribution in [1.29, 1.82) is 0 Å². The average molecular weight is 647 g/mol. The van der Waals surface area contributed by atoms with Crippen molar-refractivity contribution in [2.45, 2.75) is 18.9 Å². The van der Waals surface area contributed by atoms with Crippen LogP contribution in [0.4, 0.5) is 20.3 Å². The number of nitrogens with zero attached hydrogens (tertiary/aromatic N) is 2. The van der Waals surface area contributed by atoms with E-state index in [1.165, 1.54) is 42.6 Å². The van der Waals surface area contributed by atoms with Crippen LogP contribution in [0.1, 0.15) is 33.8 Å². The summed E-state index contributed by atoms with van der Waals surface area (Å²) in [6.45, 7) is 0.269. The lowest BCUT2D eigenvalue weighted by Crippen LogP contribution is -2.24. The summed E-state index contributed by atoms with van der Waals surface area (Å²) in [7, 11) is 3.22. The number of methoxy groups -OCH3 is 2. The van der Waals surface area contributed by atoms with E-state index in [0.717, 1.165) is 28.0 Å². The Morgan fingerprint density at radius 2 is 1.56 bits per heavy atom. The van der Waals surface area contributed by atoms with Gasteiger partial charge in [0.05, 0.1) is 14.2 Å². The quantitative estimate of drug-likeness (QED) is 0.174. The highest BCUT2D eigenvalue weighted by molar-refractivity contribution is 6.04. The summed E-state index contributed by atoms with van der Waals surface area (Å²) < 4.78 is 39.8. The van der Waals surface area contributed by atoms with E-state index in [9.17, 15) is 18.4 Å². The first kappa shape index (κ1) is 31.9. The minimum absolute atomic E-state index is 0.0158.